The monoisotopic (exact) mass is 144 g/mol. The summed E-state index contributed by atoms with van der Waals surface area (Å²) in [5.41, 5.74) is 2.29. The van der Waals surface area contributed by atoms with Gasteiger partial charge in [-0.05, 0) is 24.5 Å². The van der Waals surface area contributed by atoms with Gasteiger partial charge in [0.2, 0.25) is 0 Å². The minimum atomic E-state index is 0.497. The van der Waals surface area contributed by atoms with E-state index in [4.69, 9.17) is 5.26 Å². The molecular weight excluding hydrogens is 134 g/mol. The lowest BCUT2D eigenvalue weighted by Crippen LogP contribution is -1.83. The predicted molar refractivity (Wildman–Crippen MR) is 44.8 cm³/mol. The van der Waals surface area contributed by atoms with Crippen LogP contribution < -0.4 is 0 Å². The van der Waals surface area contributed by atoms with Crippen molar-refractivity contribution >= 4 is 0 Å². The van der Waals surface area contributed by atoms with Crippen LogP contribution in [0, 0.1) is 18.3 Å². The van der Waals surface area contributed by atoms with Crippen molar-refractivity contribution in [3.8, 4) is 6.07 Å². The lowest BCUT2D eigenvalue weighted by Gasteiger charge is -1.96. The molecule has 0 bridgehead atoms. The zero-order valence-electron chi connectivity index (χ0n) is 6.38. The van der Waals surface area contributed by atoms with Gasteiger partial charge in [0.05, 0.1) is 12.5 Å². The van der Waals surface area contributed by atoms with Crippen LogP contribution in [0.3, 0.4) is 0 Å². The summed E-state index contributed by atoms with van der Waals surface area (Å²) in [7, 11) is 0. The summed E-state index contributed by atoms with van der Waals surface area (Å²) in [6.07, 6.45) is 1.31. The summed E-state index contributed by atoms with van der Waals surface area (Å²) in [5, 5.41) is 8.38. The van der Waals surface area contributed by atoms with Gasteiger partial charge >= 0.3 is 0 Å². The molecule has 0 aliphatic heterocycles. The maximum absolute atomic E-state index is 8.38. The zero-order valence-corrected chi connectivity index (χ0v) is 6.38. The molecular formula is C10H10N. The molecule has 1 aromatic carbocycles. The Kier molecular flexibility index (Phi) is 2.68. The molecule has 55 valence electrons. The highest BCUT2D eigenvalue weighted by atomic mass is 14.2. The second-order valence-corrected chi connectivity index (χ2v) is 2.40. The summed E-state index contributed by atoms with van der Waals surface area (Å²) in [5.74, 6) is 0. The van der Waals surface area contributed by atoms with Crippen molar-refractivity contribution < 1.29 is 0 Å². The Morgan fingerprint density at radius 2 is 1.73 bits per heavy atom. The highest BCUT2D eigenvalue weighted by molar-refractivity contribution is 5.24. The minimum Gasteiger partial charge on any atom is -0.198 e. The lowest BCUT2D eigenvalue weighted by atomic mass is 10.1. The van der Waals surface area contributed by atoms with E-state index >= 15 is 0 Å². The quantitative estimate of drug-likeness (QED) is 0.623. The molecule has 1 aromatic rings. The van der Waals surface area contributed by atoms with E-state index in [1.807, 2.05) is 24.3 Å². The van der Waals surface area contributed by atoms with E-state index in [1.165, 1.54) is 5.56 Å². The Morgan fingerprint density at radius 3 is 2.18 bits per heavy atom. The van der Waals surface area contributed by atoms with Crippen LogP contribution >= 0.6 is 0 Å². The molecule has 0 unspecified atom stereocenters. The topological polar surface area (TPSA) is 23.8 Å². The fraction of sp³-hybridized carbons (Fsp3) is 0.200. The van der Waals surface area contributed by atoms with Gasteiger partial charge in [-0.2, -0.15) is 5.26 Å². The van der Waals surface area contributed by atoms with Gasteiger partial charge in [-0.25, -0.2) is 0 Å². The second-order valence-electron chi connectivity index (χ2n) is 2.40. The lowest BCUT2D eigenvalue weighted by molar-refractivity contribution is 1.22. The first kappa shape index (κ1) is 7.81. The Balaban J connectivity index is 2.76. The van der Waals surface area contributed by atoms with Crippen molar-refractivity contribution in [3.05, 3.63) is 42.3 Å². The number of hydrogen-bond acceptors (Lipinski definition) is 1. The van der Waals surface area contributed by atoms with Crippen LogP contribution in [0.5, 0.6) is 0 Å². The smallest absolute Gasteiger partial charge is 0.0669 e. The fourth-order valence-electron chi connectivity index (χ4n) is 0.915. The van der Waals surface area contributed by atoms with Crippen LogP contribution in [0.25, 0.3) is 0 Å². The van der Waals surface area contributed by atoms with E-state index in [-0.39, 0.29) is 0 Å². The van der Waals surface area contributed by atoms with Gasteiger partial charge in [-0.3, -0.25) is 0 Å². The average molecular weight is 144 g/mol. The highest BCUT2D eigenvalue weighted by Gasteiger charge is 1.90. The van der Waals surface area contributed by atoms with Crippen molar-refractivity contribution in [2.24, 2.45) is 0 Å². The maximum Gasteiger partial charge on any atom is 0.0669 e. The Labute approximate surface area is 67.3 Å². The van der Waals surface area contributed by atoms with Gasteiger partial charge in [0.1, 0.15) is 0 Å². The van der Waals surface area contributed by atoms with Crippen molar-refractivity contribution in [1.82, 2.24) is 0 Å². The van der Waals surface area contributed by atoms with Crippen molar-refractivity contribution in [1.29, 1.82) is 5.26 Å². The van der Waals surface area contributed by atoms with E-state index in [0.29, 0.717) is 6.42 Å². The summed E-state index contributed by atoms with van der Waals surface area (Å²) in [4.78, 5) is 0. The second kappa shape index (κ2) is 3.78. The Morgan fingerprint density at radius 1 is 1.18 bits per heavy atom. The van der Waals surface area contributed by atoms with Gasteiger partial charge in [-0.15, -0.1) is 0 Å². The number of benzene rings is 1. The molecule has 1 rings (SSSR count). The van der Waals surface area contributed by atoms with Gasteiger partial charge in [0, 0.05) is 0 Å². The SMILES string of the molecule is [CH2]Cc1ccc(CC#N)cc1. The number of nitrogens with zero attached hydrogens (tertiary/aromatic N) is 1. The molecule has 0 aromatic heterocycles. The van der Waals surface area contributed by atoms with Crippen LogP contribution in [-0.2, 0) is 12.8 Å². The zero-order chi connectivity index (χ0) is 8.10. The molecule has 0 saturated carbocycles. The third-order valence-electron chi connectivity index (χ3n) is 1.59. The van der Waals surface area contributed by atoms with Crippen molar-refractivity contribution in [3.63, 3.8) is 0 Å². The largest absolute Gasteiger partial charge is 0.198 e. The Hall–Kier alpha value is -1.29. The van der Waals surface area contributed by atoms with E-state index < -0.39 is 0 Å². The molecule has 0 aliphatic rings. The first-order valence-corrected chi connectivity index (χ1v) is 3.61. The molecule has 0 spiro atoms. The number of hydrogen-bond donors (Lipinski definition) is 0. The van der Waals surface area contributed by atoms with Gasteiger partial charge in [0.25, 0.3) is 0 Å². The van der Waals surface area contributed by atoms with E-state index in [2.05, 4.69) is 13.0 Å². The molecule has 1 nitrogen and oxygen atoms in total. The standard InChI is InChI=1S/C10H10N/c1-2-9-3-5-10(6-4-9)7-8-11/h3-6H,1-2,7H2. The molecule has 11 heavy (non-hydrogen) atoms. The average Bonchev–Trinajstić information content (AvgIpc) is 2.07. The molecule has 1 heteroatoms. The summed E-state index contributed by atoms with van der Waals surface area (Å²) >= 11 is 0. The molecule has 0 amide bonds. The number of rotatable bonds is 2. The van der Waals surface area contributed by atoms with Crippen molar-refractivity contribution in [2.45, 2.75) is 12.8 Å². The fourth-order valence-corrected chi connectivity index (χ4v) is 0.915. The third kappa shape index (κ3) is 2.09. The van der Waals surface area contributed by atoms with Crippen LogP contribution in [0.4, 0.5) is 0 Å². The molecule has 0 heterocycles. The number of nitriles is 1. The first-order valence-electron chi connectivity index (χ1n) is 3.61. The maximum atomic E-state index is 8.38. The molecule has 0 aliphatic carbocycles. The van der Waals surface area contributed by atoms with Crippen LogP contribution in [0.15, 0.2) is 24.3 Å². The minimum absolute atomic E-state index is 0.497. The van der Waals surface area contributed by atoms with Crippen LogP contribution in [0.1, 0.15) is 11.1 Å². The molecule has 0 fully saturated rings. The molecule has 0 atom stereocenters. The molecule has 0 saturated heterocycles. The normalized spacial score (nSPS) is 9.09. The first-order chi connectivity index (χ1) is 5.36. The molecule has 1 radical (unpaired) electrons. The van der Waals surface area contributed by atoms with E-state index in [1.54, 1.807) is 0 Å². The van der Waals surface area contributed by atoms with E-state index in [0.717, 1.165) is 12.0 Å². The summed E-state index contributed by atoms with van der Waals surface area (Å²) in [6.45, 7) is 3.77. The van der Waals surface area contributed by atoms with Gasteiger partial charge < -0.3 is 0 Å². The van der Waals surface area contributed by atoms with Crippen LogP contribution in [0.2, 0.25) is 0 Å². The van der Waals surface area contributed by atoms with E-state index in [9.17, 15) is 0 Å². The molecule has 0 N–H and O–H groups in total. The van der Waals surface area contributed by atoms with Crippen molar-refractivity contribution in [2.75, 3.05) is 0 Å². The highest BCUT2D eigenvalue weighted by Crippen LogP contribution is 2.04. The summed E-state index contributed by atoms with van der Waals surface area (Å²) in [6, 6.07) is 10.1. The summed E-state index contributed by atoms with van der Waals surface area (Å²) < 4.78 is 0. The third-order valence-corrected chi connectivity index (χ3v) is 1.59. The Bertz CT molecular complexity index is 253. The predicted octanol–water partition coefficient (Wildman–Crippen LogP) is 2.13. The van der Waals surface area contributed by atoms with Gasteiger partial charge in [0.15, 0.2) is 0 Å². The van der Waals surface area contributed by atoms with Crippen LogP contribution in [-0.4, -0.2) is 0 Å². The van der Waals surface area contributed by atoms with Gasteiger partial charge in [-0.1, -0.05) is 24.3 Å².